The Morgan fingerprint density at radius 2 is 2.00 bits per heavy atom. The first-order valence-electron chi connectivity index (χ1n) is 4.10. The van der Waals surface area contributed by atoms with Crippen LogP contribution in [-0.4, -0.2) is 5.25 Å². The van der Waals surface area contributed by atoms with Crippen LogP contribution in [0.2, 0.25) is 0 Å². The lowest BCUT2D eigenvalue weighted by atomic mass is 10.1. The van der Waals surface area contributed by atoms with Gasteiger partial charge < -0.3 is 0 Å². The van der Waals surface area contributed by atoms with Crippen LogP contribution in [0.5, 0.6) is 0 Å². The third-order valence-corrected chi connectivity index (χ3v) is 3.18. The summed E-state index contributed by atoms with van der Waals surface area (Å²) < 4.78 is 0. The molecule has 0 saturated carbocycles. The Morgan fingerprint density at radius 3 is 2.50 bits per heavy atom. The van der Waals surface area contributed by atoms with Gasteiger partial charge in [0.25, 0.3) is 0 Å². The first kappa shape index (κ1) is 10.7. The van der Waals surface area contributed by atoms with Gasteiger partial charge in [0, 0.05) is 5.25 Å². The van der Waals surface area contributed by atoms with Gasteiger partial charge in [-0.05, 0) is 18.1 Å². The second-order valence-electron chi connectivity index (χ2n) is 2.76. The van der Waals surface area contributed by atoms with Crippen molar-refractivity contribution < 1.29 is 0 Å². The molecular formula is C8H17S2. The van der Waals surface area contributed by atoms with Crippen LogP contribution in [-0.2, 0) is 0 Å². The van der Waals surface area contributed by atoms with E-state index in [9.17, 15) is 0 Å². The minimum atomic E-state index is 0.687. The largest absolute Gasteiger partial charge is 0.0786 e. The van der Waals surface area contributed by atoms with E-state index in [-0.39, 0.29) is 0 Å². The molecule has 0 aliphatic rings. The molecule has 1 unspecified atom stereocenters. The van der Waals surface area contributed by atoms with Crippen LogP contribution in [0.1, 0.15) is 46.0 Å². The first-order chi connectivity index (χ1) is 4.81. The Kier molecular flexibility index (Phi) is 8.35. The molecule has 61 valence electrons. The molecule has 10 heavy (non-hydrogen) atoms. The van der Waals surface area contributed by atoms with Gasteiger partial charge in [-0.1, -0.05) is 50.3 Å². The van der Waals surface area contributed by atoms with Gasteiger partial charge in [-0.25, -0.2) is 0 Å². The lowest BCUT2D eigenvalue weighted by molar-refractivity contribution is 0.631. The van der Waals surface area contributed by atoms with E-state index in [0.717, 1.165) is 0 Å². The minimum absolute atomic E-state index is 0.687. The second-order valence-corrected chi connectivity index (χ2v) is 4.33. The molecule has 0 aromatic carbocycles. The predicted molar refractivity (Wildman–Crippen MR) is 53.4 cm³/mol. The van der Waals surface area contributed by atoms with Gasteiger partial charge in [-0.15, -0.1) is 0 Å². The molecule has 0 heterocycles. The lowest BCUT2D eigenvalue weighted by Crippen LogP contribution is -1.92. The van der Waals surface area contributed by atoms with E-state index in [1.54, 1.807) is 10.8 Å². The highest BCUT2D eigenvalue weighted by Gasteiger charge is 1.98. The molecule has 2 heteroatoms. The van der Waals surface area contributed by atoms with E-state index in [1.807, 2.05) is 0 Å². The monoisotopic (exact) mass is 177 g/mol. The molecule has 0 amide bonds. The summed E-state index contributed by atoms with van der Waals surface area (Å²) in [5, 5.41) is 0.687. The average molecular weight is 177 g/mol. The second kappa shape index (κ2) is 7.80. The summed E-state index contributed by atoms with van der Waals surface area (Å²) in [6.07, 6.45) is 6.76. The molecule has 0 aromatic heterocycles. The highest BCUT2D eigenvalue weighted by atomic mass is 33.1. The van der Waals surface area contributed by atoms with Gasteiger partial charge in [0.15, 0.2) is 0 Å². The predicted octanol–water partition coefficient (Wildman–Crippen LogP) is 4.19. The van der Waals surface area contributed by atoms with Crippen molar-refractivity contribution in [2.75, 3.05) is 0 Å². The van der Waals surface area contributed by atoms with Crippen LogP contribution in [0, 0.1) is 0 Å². The quantitative estimate of drug-likeness (QED) is 0.433. The number of hydrogen-bond donors (Lipinski definition) is 0. The maximum Gasteiger partial charge on any atom is 0.0131 e. The first-order valence-corrected chi connectivity index (χ1v) is 5.90. The van der Waals surface area contributed by atoms with Gasteiger partial charge >= 0.3 is 0 Å². The van der Waals surface area contributed by atoms with Crippen LogP contribution in [0.15, 0.2) is 0 Å². The molecular weight excluding hydrogens is 160 g/mol. The van der Waals surface area contributed by atoms with Crippen LogP contribution < -0.4 is 0 Å². The van der Waals surface area contributed by atoms with E-state index in [1.165, 1.54) is 32.1 Å². The van der Waals surface area contributed by atoms with Crippen molar-refractivity contribution in [3.63, 3.8) is 0 Å². The summed E-state index contributed by atoms with van der Waals surface area (Å²) in [6, 6.07) is 0. The fourth-order valence-corrected chi connectivity index (χ4v) is 1.46. The number of rotatable bonds is 6. The molecule has 0 saturated heterocycles. The molecule has 0 fully saturated rings. The normalized spacial score (nSPS) is 13.5. The summed E-state index contributed by atoms with van der Waals surface area (Å²) in [7, 11) is 1.57. The molecule has 0 N–H and O–H groups in total. The van der Waals surface area contributed by atoms with Crippen molar-refractivity contribution in [1.82, 2.24) is 0 Å². The third-order valence-electron chi connectivity index (χ3n) is 1.63. The van der Waals surface area contributed by atoms with Crippen molar-refractivity contribution >= 4 is 22.5 Å². The van der Waals surface area contributed by atoms with E-state index in [2.05, 4.69) is 13.8 Å². The minimum Gasteiger partial charge on any atom is -0.0786 e. The highest BCUT2D eigenvalue weighted by molar-refractivity contribution is 8.68. The van der Waals surface area contributed by atoms with Crippen LogP contribution in [0.25, 0.3) is 0 Å². The maximum absolute atomic E-state index is 4.87. The van der Waals surface area contributed by atoms with Gasteiger partial charge in [0.2, 0.25) is 0 Å². The number of unbranched alkanes of at least 4 members (excludes halogenated alkanes) is 3. The lowest BCUT2D eigenvalue weighted by Gasteiger charge is -2.04. The zero-order valence-corrected chi connectivity index (χ0v) is 8.56. The number of hydrogen-bond acceptors (Lipinski definition) is 1. The Bertz CT molecular complexity index is 64.3. The highest BCUT2D eigenvalue weighted by Crippen LogP contribution is 2.19. The standard InChI is InChI=1S/C8H17S2/c1-3-4-5-6-7-8(2)10-9/h8H,3-7H2,1-2H3. The van der Waals surface area contributed by atoms with Crippen LogP contribution >= 0.6 is 22.5 Å². The van der Waals surface area contributed by atoms with Crippen molar-refractivity contribution in [2.24, 2.45) is 0 Å². The summed E-state index contributed by atoms with van der Waals surface area (Å²) in [5.74, 6) is 0. The molecule has 0 bridgehead atoms. The fourth-order valence-electron chi connectivity index (χ4n) is 0.907. The van der Waals surface area contributed by atoms with Gasteiger partial charge in [-0.2, -0.15) is 0 Å². The van der Waals surface area contributed by atoms with Gasteiger partial charge in [0.1, 0.15) is 0 Å². The van der Waals surface area contributed by atoms with Crippen LogP contribution in [0.4, 0.5) is 0 Å². The van der Waals surface area contributed by atoms with Gasteiger partial charge in [-0.3, -0.25) is 0 Å². The van der Waals surface area contributed by atoms with Gasteiger partial charge in [0.05, 0.1) is 0 Å². The Labute approximate surface area is 74.0 Å². The third kappa shape index (κ3) is 6.81. The molecule has 0 aliphatic heterocycles. The molecule has 0 aliphatic carbocycles. The molecule has 0 spiro atoms. The topological polar surface area (TPSA) is 0 Å². The molecule has 1 radical (unpaired) electrons. The molecule has 0 rings (SSSR count). The van der Waals surface area contributed by atoms with E-state index in [4.69, 9.17) is 11.7 Å². The Balaban J connectivity index is 2.89. The van der Waals surface area contributed by atoms with Crippen LogP contribution in [0.3, 0.4) is 0 Å². The fraction of sp³-hybridized carbons (Fsp3) is 1.00. The Morgan fingerprint density at radius 1 is 1.30 bits per heavy atom. The zero-order chi connectivity index (χ0) is 7.82. The summed E-state index contributed by atoms with van der Waals surface area (Å²) >= 11 is 4.87. The Hall–Kier alpha value is 0.700. The average Bonchev–Trinajstić information content (AvgIpc) is 1.98. The van der Waals surface area contributed by atoms with Crippen molar-refractivity contribution in [1.29, 1.82) is 0 Å². The van der Waals surface area contributed by atoms with Crippen molar-refractivity contribution in [3.8, 4) is 0 Å². The summed E-state index contributed by atoms with van der Waals surface area (Å²) in [4.78, 5) is 0. The zero-order valence-electron chi connectivity index (χ0n) is 6.93. The van der Waals surface area contributed by atoms with E-state index < -0.39 is 0 Å². The summed E-state index contributed by atoms with van der Waals surface area (Å²) in [5.41, 5.74) is 0. The molecule has 1 atom stereocenters. The smallest absolute Gasteiger partial charge is 0.0131 e. The van der Waals surface area contributed by atoms with E-state index >= 15 is 0 Å². The molecule has 0 aromatic rings. The van der Waals surface area contributed by atoms with Crippen molar-refractivity contribution in [3.05, 3.63) is 0 Å². The molecule has 0 nitrogen and oxygen atoms in total. The SMILES string of the molecule is CCCCCCC(C)S[S]. The van der Waals surface area contributed by atoms with Crippen molar-refractivity contribution in [2.45, 2.75) is 51.2 Å². The maximum atomic E-state index is 4.87. The summed E-state index contributed by atoms with van der Waals surface area (Å²) in [6.45, 7) is 4.45. The van der Waals surface area contributed by atoms with E-state index in [0.29, 0.717) is 5.25 Å².